The lowest BCUT2D eigenvalue weighted by molar-refractivity contribution is 0.151. The van der Waals surface area contributed by atoms with Gasteiger partial charge in [-0.15, -0.1) is 0 Å². The van der Waals surface area contributed by atoms with Crippen molar-refractivity contribution in [2.24, 2.45) is 0 Å². The smallest absolute Gasteiger partial charge is 0.414 e. The van der Waals surface area contributed by atoms with Crippen LogP contribution in [0.15, 0.2) is 54.6 Å². The number of benzene rings is 3. The third-order valence-electron chi connectivity index (χ3n) is 5.85. The molecule has 1 unspecified atom stereocenters. The summed E-state index contributed by atoms with van der Waals surface area (Å²) < 4.78 is 11.7. The van der Waals surface area contributed by atoms with Crippen LogP contribution in [0.2, 0.25) is 0 Å². The molecule has 0 aromatic heterocycles. The SMILES string of the molecule is CCCCOC(=O)N1CC(CO)c2c1cc(OCc1ccccc1)c1cccc(C)c21. The minimum Gasteiger partial charge on any atom is -0.488 e. The van der Waals surface area contributed by atoms with Gasteiger partial charge in [-0.2, -0.15) is 0 Å². The minimum atomic E-state index is -0.368. The lowest BCUT2D eigenvalue weighted by Crippen LogP contribution is -2.31. The van der Waals surface area contributed by atoms with E-state index < -0.39 is 0 Å². The molecule has 4 rings (SSSR count). The molecule has 0 saturated heterocycles. The molecule has 5 heteroatoms. The fourth-order valence-electron chi connectivity index (χ4n) is 4.24. The zero-order valence-electron chi connectivity index (χ0n) is 18.1. The van der Waals surface area contributed by atoms with E-state index in [1.807, 2.05) is 48.5 Å². The standard InChI is InChI=1S/C26H29NO4/c1-3-4-13-30-26(29)27-15-20(16-28)25-22(27)14-23(21-12-8-9-18(2)24(21)25)31-17-19-10-6-5-7-11-19/h5-12,14,20,28H,3-4,13,15-17H2,1-2H3. The molecule has 3 aromatic carbocycles. The number of fused-ring (bicyclic) bond motifs is 3. The fourth-order valence-corrected chi connectivity index (χ4v) is 4.24. The Morgan fingerprint density at radius 2 is 1.97 bits per heavy atom. The first-order valence-electron chi connectivity index (χ1n) is 10.9. The lowest BCUT2D eigenvalue weighted by atomic mass is 9.92. The third-order valence-corrected chi connectivity index (χ3v) is 5.85. The summed E-state index contributed by atoms with van der Waals surface area (Å²) in [5.41, 5.74) is 3.94. The average molecular weight is 420 g/mol. The first-order chi connectivity index (χ1) is 15.1. The number of carbonyl (C=O) groups excluding carboxylic acids is 1. The molecular weight excluding hydrogens is 390 g/mol. The number of amides is 1. The van der Waals surface area contributed by atoms with Gasteiger partial charge in [0.05, 0.1) is 18.9 Å². The number of ether oxygens (including phenoxy) is 2. The van der Waals surface area contributed by atoms with Crippen LogP contribution in [-0.2, 0) is 11.3 Å². The molecule has 1 atom stereocenters. The Balaban J connectivity index is 1.76. The van der Waals surface area contributed by atoms with Crippen molar-refractivity contribution in [2.75, 3.05) is 24.7 Å². The summed E-state index contributed by atoms with van der Waals surface area (Å²) in [6.07, 6.45) is 1.43. The maximum Gasteiger partial charge on any atom is 0.414 e. The molecule has 1 aliphatic heterocycles. The summed E-state index contributed by atoms with van der Waals surface area (Å²) in [5, 5.41) is 12.1. The van der Waals surface area contributed by atoms with Crippen LogP contribution in [0.3, 0.4) is 0 Å². The number of hydrogen-bond acceptors (Lipinski definition) is 4. The predicted molar refractivity (Wildman–Crippen MR) is 123 cm³/mol. The molecule has 0 spiro atoms. The van der Waals surface area contributed by atoms with Gasteiger partial charge in [-0.05, 0) is 35.4 Å². The second-order valence-corrected chi connectivity index (χ2v) is 8.04. The molecule has 0 saturated carbocycles. The van der Waals surface area contributed by atoms with Gasteiger partial charge in [0.25, 0.3) is 0 Å². The van der Waals surface area contributed by atoms with Crippen molar-refractivity contribution in [2.45, 2.75) is 39.2 Å². The van der Waals surface area contributed by atoms with Gasteiger partial charge in [0.15, 0.2) is 0 Å². The van der Waals surface area contributed by atoms with E-state index in [2.05, 4.69) is 19.9 Å². The summed E-state index contributed by atoms with van der Waals surface area (Å²) in [4.78, 5) is 14.5. The third kappa shape index (κ3) is 4.23. The van der Waals surface area contributed by atoms with Crippen molar-refractivity contribution < 1.29 is 19.4 Å². The molecule has 1 aliphatic rings. The molecule has 0 bridgehead atoms. The van der Waals surface area contributed by atoms with Crippen LogP contribution in [0.5, 0.6) is 5.75 Å². The van der Waals surface area contributed by atoms with Gasteiger partial charge in [-0.1, -0.05) is 61.9 Å². The number of aliphatic hydroxyl groups excluding tert-OH is 1. The monoisotopic (exact) mass is 419 g/mol. The highest BCUT2D eigenvalue weighted by Crippen LogP contribution is 2.46. The molecule has 5 nitrogen and oxygen atoms in total. The molecule has 0 fully saturated rings. The number of carbonyl (C=O) groups is 1. The Kier molecular flexibility index (Phi) is 6.42. The fraction of sp³-hybridized carbons (Fsp3) is 0.346. The Morgan fingerprint density at radius 3 is 2.71 bits per heavy atom. The van der Waals surface area contributed by atoms with Gasteiger partial charge in [-0.25, -0.2) is 4.79 Å². The van der Waals surface area contributed by atoms with E-state index >= 15 is 0 Å². The van der Waals surface area contributed by atoms with Crippen LogP contribution >= 0.6 is 0 Å². The molecule has 0 radical (unpaired) electrons. The Hall–Kier alpha value is -3.05. The molecule has 1 amide bonds. The highest BCUT2D eigenvalue weighted by Gasteiger charge is 2.36. The topological polar surface area (TPSA) is 59.0 Å². The van der Waals surface area contributed by atoms with Crippen molar-refractivity contribution in [3.05, 3.63) is 71.3 Å². The van der Waals surface area contributed by atoms with Gasteiger partial charge < -0.3 is 14.6 Å². The number of unbranched alkanes of at least 4 members (excludes halogenated alkanes) is 1. The van der Waals surface area contributed by atoms with Crippen LogP contribution in [0.25, 0.3) is 10.8 Å². The summed E-state index contributed by atoms with van der Waals surface area (Å²) >= 11 is 0. The number of hydrogen-bond donors (Lipinski definition) is 1. The first kappa shape index (κ1) is 21.2. The number of anilines is 1. The number of aryl methyl sites for hydroxylation is 1. The van der Waals surface area contributed by atoms with E-state index in [0.29, 0.717) is 19.8 Å². The van der Waals surface area contributed by atoms with E-state index in [-0.39, 0.29) is 18.6 Å². The van der Waals surface area contributed by atoms with Crippen LogP contribution in [0.4, 0.5) is 10.5 Å². The average Bonchev–Trinajstić information content (AvgIpc) is 3.17. The van der Waals surface area contributed by atoms with Gasteiger partial charge in [0.2, 0.25) is 0 Å². The molecule has 162 valence electrons. The Morgan fingerprint density at radius 1 is 1.16 bits per heavy atom. The van der Waals surface area contributed by atoms with Gasteiger partial charge in [0.1, 0.15) is 12.4 Å². The van der Waals surface area contributed by atoms with E-state index in [1.54, 1.807) is 4.90 Å². The van der Waals surface area contributed by atoms with Crippen molar-refractivity contribution in [3.63, 3.8) is 0 Å². The summed E-state index contributed by atoms with van der Waals surface area (Å²) in [5.74, 6) is 0.576. The number of nitrogens with zero attached hydrogens (tertiary/aromatic N) is 1. The molecule has 0 aliphatic carbocycles. The quantitative estimate of drug-likeness (QED) is 0.510. The maximum atomic E-state index is 12.8. The van der Waals surface area contributed by atoms with Gasteiger partial charge in [-0.3, -0.25) is 4.90 Å². The highest BCUT2D eigenvalue weighted by molar-refractivity contribution is 6.03. The molecule has 1 heterocycles. The number of aliphatic hydroxyl groups is 1. The lowest BCUT2D eigenvalue weighted by Gasteiger charge is -2.20. The minimum absolute atomic E-state index is 0.0284. The molecular formula is C26H29NO4. The first-order valence-corrected chi connectivity index (χ1v) is 10.9. The summed E-state index contributed by atoms with van der Waals surface area (Å²) in [7, 11) is 0. The van der Waals surface area contributed by atoms with Crippen molar-refractivity contribution in [1.29, 1.82) is 0 Å². The Labute approximate surface area is 183 Å². The summed E-state index contributed by atoms with van der Waals surface area (Å²) in [6, 6.07) is 18.1. The second kappa shape index (κ2) is 9.40. The second-order valence-electron chi connectivity index (χ2n) is 8.04. The normalized spacial score (nSPS) is 15.2. The zero-order chi connectivity index (χ0) is 21.8. The van der Waals surface area contributed by atoms with Crippen LogP contribution in [0, 0.1) is 6.92 Å². The molecule has 1 N–H and O–H groups in total. The van der Waals surface area contributed by atoms with Crippen LogP contribution in [-0.4, -0.2) is 31.0 Å². The van der Waals surface area contributed by atoms with Crippen molar-refractivity contribution in [3.8, 4) is 5.75 Å². The molecule has 31 heavy (non-hydrogen) atoms. The van der Waals surface area contributed by atoms with Gasteiger partial charge in [0, 0.05) is 23.9 Å². The molecule has 3 aromatic rings. The van der Waals surface area contributed by atoms with Gasteiger partial charge >= 0.3 is 6.09 Å². The number of rotatable bonds is 7. The van der Waals surface area contributed by atoms with E-state index in [9.17, 15) is 9.90 Å². The maximum absolute atomic E-state index is 12.8. The Bertz CT molecular complexity index is 1060. The van der Waals surface area contributed by atoms with Crippen molar-refractivity contribution in [1.82, 2.24) is 0 Å². The zero-order valence-corrected chi connectivity index (χ0v) is 18.1. The van der Waals surface area contributed by atoms with E-state index in [4.69, 9.17) is 9.47 Å². The van der Waals surface area contributed by atoms with Crippen LogP contribution in [0.1, 0.15) is 42.4 Å². The van der Waals surface area contributed by atoms with Crippen molar-refractivity contribution >= 4 is 22.6 Å². The van der Waals surface area contributed by atoms with Crippen LogP contribution < -0.4 is 9.64 Å². The van der Waals surface area contributed by atoms with E-state index in [1.165, 1.54) is 0 Å². The van der Waals surface area contributed by atoms with E-state index in [0.717, 1.165) is 51.7 Å². The predicted octanol–water partition coefficient (Wildman–Crippen LogP) is 5.56. The summed E-state index contributed by atoms with van der Waals surface area (Å²) in [6.45, 7) is 5.33. The highest BCUT2D eigenvalue weighted by atomic mass is 16.6. The largest absolute Gasteiger partial charge is 0.488 e.